The van der Waals surface area contributed by atoms with E-state index in [9.17, 15) is 0 Å². The molecule has 0 aliphatic carbocycles. The van der Waals surface area contributed by atoms with Gasteiger partial charge in [0.25, 0.3) is 0 Å². The van der Waals surface area contributed by atoms with Gasteiger partial charge in [-0.3, -0.25) is 5.73 Å². The Hall–Kier alpha value is -3.46. The lowest BCUT2D eigenvalue weighted by molar-refractivity contribution is 0.393. The molecule has 0 bridgehead atoms. The van der Waals surface area contributed by atoms with Gasteiger partial charge in [-0.05, 0) is 30.5 Å². The summed E-state index contributed by atoms with van der Waals surface area (Å²) in [5, 5.41) is 15.0. The minimum atomic E-state index is -1.22. The van der Waals surface area contributed by atoms with Crippen molar-refractivity contribution >= 4 is 17.7 Å². The molecule has 3 aromatic rings. The second-order valence-electron chi connectivity index (χ2n) is 9.32. The maximum atomic E-state index is 6.78. The van der Waals surface area contributed by atoms with Crippen LogP contribution in [0.1, 0.15) is 37.6 Å². The highest BCUT2D eigenvalue weighted by molar-refractivity contribution is 5.94. The van der Waals surface area contributed by atoms with Crippen molar-refractivity contribution < 1.29 is 4.74 Å². The van der Waals surface area contributed by atoms with Gasteiger partial charge >= 0.3 is 0 Å². The molecular weight excluding hydrogens is 404 g/mol. The second kappa shape index (κ2) is 7.90. The number of benzene rings is 1. The van der Waals surface area contributed by atoms with Crippen LogP contribution in [0.5, 0.6) is 5.75 Å². The molecule has 0 radical (unpaired) electrons. The van der Waals surface area contributed by atoms with Gasteiger partial charge in [-0.15, -0.1) is 10.2 Å². The van der Waals surface area contributed by atoms with Gasteiger partial charge in [0.15, 0.2) is 11.6 Å². The van der Waals surface area contributed by atoms with Crippen LogP contribution in [-0.2, 0) is 12.8 Å². The molecular formula is C23H30N8O. The summed E-state index contributed by atoms with van der Waals surface area (Å²) in [4.78, 5) is 9.36. The zero-order chi connectivity index (χ0) is 23.1. The molecule has 3 heterocycles. The minimum Gasteiger partial charge on any atom is -0.496 e. The lowest BCUT2D eigenvalue weighted by Crippen LogP contribution is -2.45. The van der Waals surface area contributed by atoms with Gasteiger partial charge in [-0.1, -0.05) is 26.8 Å². The summed E-state index contributed by atoms with van der Waals surface area (Å²) < 4.78 is 7.54. The van der Waals surface area contributed by atoms with Crippen LogP contribution < -0.4 is 21.1 Å². The van der Waals surface area contributed by atoms with Gasteiger partial charge < -0.3 is 19.9 Å². The zero-order valence-corrected chi connectivity index (χ0v) is 19.4. The molecule has 0 amide bonds. The number of anilines is 2. The highest BCUT2D eigenvalue weighted by atomic mass is 16.5. The van der Waals surface area contributed by atoms with E-state index in [0.717, 1.165) is 40.7 Å². The van der Waals surface area contributed by atoms with E-state index in [2.05, 4.69) is 46.6 Å². The molecule has 1 atom stereocenters. The first kappa shape index (κ1) is 21.8. The van der Waals surface area contributed by atoms with Crippen LogP contribution in [0.3, 0.4) is 0 Å². The van der Waals surface area contributed by atoms with Crippen molar-refractivity contribution in [3.05, 3.63) is 47.4 Å². The Balaban J connectivity index is 1.73. The van der Waals surface area contributed by atoms with Crippen LogP contribution in [0, 0.1) is 12.3 Å². The quantitative estimate of drug-likeness (QED) is 0.564. The van der Waals surface area contributed by atoms with Crippen molar-refractivity contribution in [1.29, 1.82) is 0 Å². The van der Waals surface area contributed by atoms with Crippen LogP contribution >= 0.6 is 0 Å². The van der Waals surface area contributed by atoms with E-state index >= 15 is 0 Å². The largest absolute Gasteiger partial charge is 0.496 e. The molecule has 9 nitrogen and oxygen atoms in total. The van der Waals surface area contributed by atoms with Gasteiger partial charge in [0.05, 0.1) is 18.4 Å². The molecule has 0 spiro atoms. The number of rotatable bonds is 5. The third kappa shape index (κ3) is 4.16. The first-order chi connectivity index (χ1) is 15.1. The molecule has 4 N–H and O–H groups in total. The van der Waals surface area contributed by atoms with Crippen LogP contribution in [0.2, 0.25) is 0 Å². The average Bonchev–Trinajstić information content (AvgIpc) is 3.17. The molecule has 4 rings (SSSR count). The fourth-order valence-corrected chi connectivity index (χ4v) is 3.63. The van der Waals surface area contributed by atoms with Gasteiger partial charge in [0, 0.05) is 36.6 Å². The predicted molar refractivity (Wildman–Crippen MR) is 127 cm³/mol. The highest BCUT2D eigenvalue weighted by Gasteiger charge is 2.34. The Morgan fingerprint density at radius 1 is 1.25 bits per heavy atom. The third-order valence-corrected chi connectivity index (χ3v) is 5.27. The maximum absolute atomic E-state index is 6.78. The lowest BCUT2D eigenvalue weighted by atomic mass is 9.97. The summed E-state index contributed by atoms with van der Waals surface area (Å²) in [6.45, 7) is 9.26. The number of methoxy groups -OCH3 is 1. The number of nitrogens with one attached hydrogen (secondary N) is 2. The number of aromatic nitrogens is 4. The summed E-state index contributed by atoms with van der Waals surface area (Å²) >= 11 is 0. The summed E-state index contributed by atoms with van der Waals surface area (Å²) in [6.07, 6.45) is 3.45. The number of hydrogen-bond acceptors (Lipinski definition) is 8. The van der Waals surface area contributed by atoms with Crippen LogP contribution in [0.4, 0.5) is 11.5 Å². The number of ether oxygens (including phenoxy) is 1. The van der Waals surface area contributed by atoms with Crippen LogP contribution in [-0.4, -0.2) is 39.6 Å². The number of hydrogen-bond donors (Lipinski definition) is 3. The predicted octanol–water partition coefficient (Wildman–Crippen LogP) is 3.27. The molecule has 1 aliphatic rings. The van der Waals surface area contributed by atoms with Gasteiger partial charge in [0.1, 0.15) is 12.1 Å². The average molecular weight is 435 g/mol. The van der Waals surface area contributed by atoms with E-state index in [1.165, 1.54) is 0 Å². The molecule has 0 saturated carbocycles. The Morgan fingerprint density at radius 3 is 2.69 bits per heavy atom. The Labute approximate surface area is 188 Å². The summed E-state index contributed by atoms with van der Waals surface area (Å²) in [7, 11) is 3.51. The van der Waals surface area contributed by atoms with Crippen molar-refractivity contribution in [2.24, 2.45) is 23.2 Å². The van der Waals surface area contributed by atoms with Gasteiger partial charge in [-0.2, -0.15) is 0 Å². The van der Waals surface area contributed by atoms with Crippen LogP contribution in [0.15, 0.2) is 35.6 Å². The standard InChI is InChI=1S/C23H30N8O/c1-14-9-16-11-26-23(24,29-19(16)20(28-14)25-12-22(2,3)4)17-8-7-15(10-18(17)32-6)21-30-27-13-31(21)5/h7-11,13,29H,12,24H2,1-6H3,(H,25,28). The molecule has 2 aromatic heterocycles. The SMILES string of the molecule is COc1cc(-c2nncn2C)ccc1C1(N)N=Cc2cc(C)nc(NCC(C)(C)C)c2N1. The molecule has 32 heavy (non-hydrogen) atoms. The van der Waals surface area contributed by atoms with E-state index in [-0.39, 0.29) is 5.41 Å². The fourth-order valence-electron chi connectivity index (χ4n) is 3.63. The number of fused-ring (bicyclic) bond motifs is 1. The molecule has 1 unspecified atom stereocenters. The van der Waals surface area contributed by atoms with Gasteiger partial charge in [-0.25, -0.2) is 9.98 Å². The monoisotopic (exact) mass is 434 g/mol. The summed E-state index contributed by atoms with van der Waals surface area (Å²) in [5.74, 6) is 0.877. The molecule has 1 aromatic carbocycles. The molecule has 0 fully saturated rings. The number of nitrogens with two attached hydrogens (primary N) is 1. The van der Waals surface area contributed by atoms with E-state index in [1.807, 2.05) is 42.8 Å². The van der Waals surface area contributed by atoms with Crippen LogP contribution in [0.25, 0.3) is 11.4 Å². The van der Waals surface area contributed by atoms with Crippen molar-refractivity contribution in [2.45, 2.75) is 33.5 Å². The number of nitrogens with zero attached hydrogens (tertiary/aromatic N) is 5. The number of aryl methyl sites for hydroxylation is 2. The Morgan fingerprint density at radius 2 is 2.03 bits per heavy atom. The Bertz CT molecular complexity index is 1180. The Kier molecular flexibility index (Phi) is 5.37. The third-order valence-electron chi connectivity index (χ3n) is 5.27. The number of aliphatic imine (C=N–C) groups is 1. The summed E-state index contributed by atoms with van der Waals surface area (Å²) in [6, 6.07) is 7.73. The fraction of sp³-hybridized carbons (Fsp3) is 0.391. The maximum Gasteiger partial charge on any atom is 0.212 e. The molecule has 1 aliphatic heterocycles. The first-order valence-electron chi connectivity index (χ1n) is 10.5. The van der Waals surface area contributed by atoms with E-state index < -0.39 is 5.79 Å². The topological polar surface area (TPSA) is 115 Å². The van der Waals surface area contributed by atoms with E-state index in [1.54, 1.807) is 19.7 Å². The van der Waals surface area contributed by atoms with Crippen molar-refractivity contribution in [3.8, 4) is 17.1 Å². The summed E-state index contributed by atoms with van der Waals surface area (Å²) in [5.41, 5.74) is 11.1. The second-order valence-corrected chi connectivity index (χ2v) is 9.32. The van der Waals surface area contributed by atoms with E-state index in [0.29, 0.717) is 11.3 Å². The molecule has 9 heteroatoms. The van der Waals surface area contributed by atoms with Gasteiger partial charge in [0.2, 0.25) is 5.79 Å². The van der Waals surface area contributed by atoms with Crippen molar-refractivity contribution in [2.75, 3.05) is 24.3 Å². The highest BCUT2D eigenvalue weighted by Crippen LogP contribution is 2.38. The lowest BCUT2D eigenvalue weighted by Gasteiger charge is -2.34. The molecule has 168 valence electrons. The smallest absolute Gasteiger partial charge is 0.212 e. The number of pyridine rings is 1. The first-order valence-corrected chi connectivity index (χ1v) is 10.5. The van der Waals surface area contributed by atoms with E-state index in [4.69, 9.17) is 15.5 Å². The van der Waals surface area contributed by atoms with Crippen molar-refractivity contribution in [3.63, 3.8) is 0 Å². The normalized spacial score (nSPS) is 17.6. The minimum absolute atomic E-state index is 0.0970. The molecule has 0 saturated heterocycles. The zero-order valence-electron chi connectivity index (χ0n) is 19.4. The van der Waals surface area contributed by atoms with Crippen molar-refractivity contribution in [1.82, 2.24) is 19.7 Å².